The molecule has 1 aliphatic rings. The van der Waals surface area contributed by atoms with Crippen LogP contribution >= 0.6 is 0 Å². The zero-order valence-electron chi connectivity index (χ0n) is 15.7. The molecule has 1 fully saturated rings. The highest BCUT2D eigenvalue weighted by atomic mass is 16.5. The smallest absolute Gasteiger partial charge is 0.227 e. The molecule has 144 valence electrons. The number of benzene rings is 1. The number of carbonyl (C=O) groups excluding carboxylic acids is 2. The number of likely N-dealkylation sites (tertiary alicyclic amines) is 1. The fraction of sp³-hybridized carbons (Fsp3) is 0.579. The Morgan fingerprint density at radius 1 is 1.35 bits per heavy atom. The Kier molecular flexibility index (Phi) is 7.41. The van der Waals surface area contributed by atoms with Crippen LogP contribution in [0.25, 0.3) is 0 Å². The second kappa shape index (κ2) is 9.54. The van der Waals surface area contributed by atoms with Crippen molar-refractivity contribution in [3.63, 3.8) is 0 Å². The van der Waals surface area contributed by atoms with Crippen LogP contribution in [0.5, 0.6) is 5.75 Å². The summed E-state index contributed by atoms with van der Waals surface area (Å²) in [6, 6.07) is 7.05. The number of ether oxygens (including phenoxy) is 2. The molecule has 7 nitrogen and oxygen atoms in total. The van der Waals surface area contributed by atoms with Crippen molar-refractivity contribution in [3.8, 4) is 5.75 Å². The molecule has 0 unspecified atom stereocenters. The first-order chi connectivity index (χ1) is 12.5. The van der Waals surface area contributed by atoms with Gasteiger partial charge in [0.15, 0.2) is 0 Å². The number of nitrogens with zero attached hydrogens (tertiary/aromatic N) is 2. The van der Waals surface area contributed by atoms with E-state index in [0.717, 1.165) is 5.56 Å². The van der Waals surface area contributed by atoms with Crippen molar-refractivity contribution >= 4 is 11.8 Å². The third-order valence-corrected chi connectivity index (χ3v) is 4.83. The highest BCUT2D eigenvalue weighted by molar-refractivity contribution is 5.85. The molecule has 0 bridgehead atoms. The molecule has 0 spiro atoms. The van der Waals surface area contributed by atoms with E-state index in [4.69, 9.17) is 14.6 Å². The van der Waals surface area contributed by atoms with Gasteiger partial charge in [-0.05, 0) is 12.5 Å². The number of methoxy groups -OCH3 is 2. The summed E-state index contributed by atoms with van der Waals surface area (Å²) in [4.78, 5) is 28.9. The molecule has 1 saturated heterocycles. The number of amides is 2. The Bertz CT molecular complexity index is 622. The summed E-state index contributed by atoms with van der Waals surface area (Å²) in [5.41, 5.74) is 0.815. The lowest BCUT2D eigenvalue weighted by Gasteiger charge is -2.42. The molecule has 2 rings (SSSR count). The van der Waals surface area contributed by atoms with Crippen LogP contribution in [0.15, 0.2) is 24.3 Å². The quantitative estimate of drug-likeness (QED) is 0.747. The first-order valence-electron chi connectivity index (χ1n) is 8.82. The molecule has 2 amide bonds. The number of carbonyl (C=O) groups is 2. The Balaban J connectivity index is 2.44. The van der Waals surface area contributed by atoms with Gasteiger partial charge in [-0.25, -0.2) is 0 Å². The third kappa shape index (κ3) is 4.34. The minimum atomic E-state index is -0.420. The summed E-state index contributed by atoms with van der Waals surface area (Å²) >= 11 is 0. The van der Waals surface area contributed by atoms with Crippen molar-refractivity contribution in [2.75, 3.05) is 47.6 Å². The van der Waals surface area contributed by atoms with Gasteiger partial charge in [0.1, 0.15) is 5.75 Å². The second-order valence-electron chi connectivity index (χ2n) is 6.40. The normalized spacial score (nSPS) is 20.2. The summed E-state index contributed by atoms with van der Waals surface area (Å²) < 4.78 is 10.7. The van der Waals surface area contributed by atoms with Crippen LogP contribution in [0.3, 0.4) is 0 Å². The van der Waals surface area contributed by atoms with Crippen LogP contribution in [-0.2, 0) is 14.3 Å². The molecule has 0 radical (unpaired) electrons. The Labute approximate surface area is 154 Å². The second-order valence-corrected chi connectivity index (χ2v) is 6.40. The van der Waals surface area contributed by atoms with Gasteiger partial charge in [0.25, 0.3) is 0 Å². The van der Waals surface area contributed by atoms with E-state index in [-0.39, 0.29) is 25.0 Å². The maximum Gasteiger partial charge on any atom is 0.227 e. The third-order valence-electron chi connectivity index (χ3n) is 4.83. The summed E-state index contributed by atoms with van der Waals surface area (Å²) in [5.74, 6) is 0.186. The fourth-order valence-electron chi connectivity index (χ4n) is 3.50. The van der Waals surface area contributed by atoms with Crippen molar-refractivity contribution in [3.05, 3.63) is 29.8 Å². The van der Waals surface area contributed by atoms with Gasteiger partial charge in [0.2, 0.25) is 11.8 Å². The first kappa shape index (κ1) is 20.2. The van der Waals surface area contributed by atoms with Crippen molar-refractivity contribution in [1.29, 1.82) is 0 Å². The lowest BCUT2D eigenvalue weighted by molar-refractivity contribution is -0.148. The molecule has 1 aliphatic heterocycles. The lowest BCUT2D eigenvalue weighted by Crippen LogP contribution is -2.49. The highest BCUT2D eigenvalue weighted by Crippen LogP contribution is 2.41. The van der Waals surface area contributed by atoms with E-state index in [1.165, 1.54) is 4.90 Å². The van der Waals surface area contributed by atoms with Gasteiger partial charge < -0.3 is 24.4 Å². The predicted molar refractivity (Wildman–Crippen MR) is 96.8 cm³/mol. The predicted octanol–water partition coefficient (Wildman–Crippen LogP) is 1.07. The molecule has 0 saturated carbocycles. The topological polar surface area (TPSA) is 79.3 Å². The average Bonchev–Trinajstić information content (AvgIpc) is 2.66. The maximum atomic E-state index is 13.0. The number of aliphatic hydroxyl groups is 1. The molecule has 2 atom stereocenters. The van der Waals surface area contributed by atoms with Crippen LogP contribution in [0.4, 0.5) is 0 Å². The van der Waals surface area contributed by atoms with E-state index in [0.29, 0.717) is 31.7 Å². The number of para-hydroxylation sites is 1. The van der Waals surface area contributed by atoms with Crippen LogP contribution in [0, 0.1) is 5.92 Å². The van der Waals surface area contributed by atoms with Gasteiger partial charge in [-0.2, -0.15) is 0 Å². The molecular formula is C19H28N2O5. The highest BCUT2D eigenvalue weighted by Gasteiger charge is 2.42. The molecule has 1 N–H and O–H groups in total. The van der Waals surface area contributed by atoms with Gasteiger partial charge >= 0.3 is 0 Å². The maximum absolute atomic E-state index is 13.0. The van der Waals surface area contributed by atoms with Gasteiger partial charge in [0.05, 0.1) is 32.3 Å². The summed E-state index contributed by atoms with van der Waals surface area (Å²) in [6.45, 7) is 0.969. The molecular weight excluding hydrogens is 336 g/mol. The summed E-state index contributed by atoms with van der Waals surface area (Å²) in [6.07, 6.45) is 0.790. The number of likely N-dealkylation sites (N-methyl/N-ethyl adjacent to an activating group) is 1. The number of rotatable bonds is 8. The zero-order chi connectivity index (χ0) is 19.1. The van der Waals surface area contributed by atoms with Gasteiger partial charge in [-0.15, -0.1) is 0 Å². The van der Waals surface area contributed by atoms with Crippen LogP contribution in [0.2, 0.25) is 0 Å². The van der Waals surface area contributed by atoms with Crippen LogP contribution in [0.1, 0.15) is 24.4 Å². The lowest BCUT2D eigenvalue weighted by atomic mass is 9.83. The van der Waals surface area contributed by atoms with E-state index in [1.807, 2.05) is 24.3 Å². The SMILES string of the molecule is COCCN1C(=O)CC[C@@H](C(=O)N(C)CCO)[C@@H]1c1ccccc1OC. The van der Waals surface area contributed by atoms with E-state index >= 15 is 0 Å². The Hall–Kier alpha value is -2.12. The molecule has 1 aromatic rings. The number of hydrogen-bond acceptors (Lipinski definition) is 5. The van der Waals surface area contributed by atoms with Crippen molar-refractivity contribution in [1.82, 2.24) is 9.80 Å². The number of hydrogen-bond donors (Lipinski definition) is 1. The van der Waals surface area contributed by atoms with E-state index < -0.39 is 12.0 Å². The van der Waals surface area contributed by atoms with Gasteiger partial charge in [0, 0.05) is 39.2 Å². The minimum Gasteiger partial charge on any atom is -0.496 e. The van der Waals surface area contributed by atoms with Gasteiger partial charge in [-0.1, -0.05) is 18.2 Å². The van der Waals surface area contributed by atoms with Crippen LogP contribution < -0.4 is 4.74 Å². The zero-order valence-corrected chi connectivity index (χ0v) is 15.7. The van der Waals surface area contributed by atoms with E-state index in [1.54, 1.807) is 26.2 Å². The number of piperidine rings is 1. The molecule has 7 heteroatoms. The fourth-order valence-corrected chi connectivity index (χ4v) is 3.50. The molecule has 1 heterocycles. The van der Waals surface area contributed by atoms with Gasteiger partial charge in [-0.3, -0.25) is 9.59 Å². The standard InChI is InChI=1S/C19H28N2O5/c1-20(10-12-22)19(24)15-8-9-17(23)21(11-13-25-2)18(15)14-6-4-5-7-16(14)26-3/h4-7,15,18,22H,8-13H2,1-3H3/t15-,18+/m1/s1. The first-order valence-corrected chi connectivity index (χ1v) is 8.82. The van der Waals surface area contributed by atoms with E-state index in [9.17, 15) is 9.59 Å². The number of aliphatic hydroxyl groups excluding tert-OH is 1. The van der Waals surface area contributed by atoms with E-state index in [2.05, 4.69) is 0 Å². The Morgan fingerprint density at radius 3 is 2.73 bits per heavy atom. The monoisotopic (exact) mass is 364 g/mol. The van der Waals surface area contributed by atoms with Crippen molar-refractivity contribution < 1.29 is 24.2 Å². The van der Waals surface area contributed by atoms with Crippen molar-refractivity contribution in [2.24, 2.45) is 5.92 Å². The molecule has 1 aromatic carbocycles. The Morgan fingerprint density at radius 2 is 2.08 bits per heavy atom. The minimum absolute atomic E-state index is 0.00631. The largest absolute Gasteiger partial charge is 0.496 e. The average molecular weight is 364 g/mol. The van der Waals surface area contributed by atoms with Crippen LogP contribution in [-0.4, -0.2) is 74.3 Å². The molecule has 26 heavy (non-hydrogen) atoms. The molecule has 0 aliphatic carbocycles. The summed E-state index contributed by atoms with van der Waals surface area (Å²) in [5, 5.41) is 9.16. The molecule has 0 aromatic heterocycles. The van der Waals surface area contributed by atoms with Crippen molar-refractivity contribution in [2.45, 2.75) is 18.9 Å². The summed E-state index contributed by atoms with van der Waals surface area (Å²) in [7, 11) is 4.84.